The lowest BCUT2D eigenvalue weighted by Crippen LogP contribution is -2.51. The molecule has 1 aliphatic heterocycles. The van der Waals surface area contributed by atoms with Gasteiger partial charge < -0.3 is 5.11 Å². The van der Waals surface area contributed by atoms with Crippen molar-refractivity contribution in [2.24, 2.45) is 16.7 Å². The maximum absolute atomic E-state index is 13.4. The van der Waals surface area contributed by atoms with Crippen molar-refractivity contribution in [2.75, 3.05) is 18.8 Å². The van der Waals surface area contributed by atoms with E-state index in [2.05, 4.69) is 38.1 Å². The standard InChI is InChI=1S/C23H33NO3S/c1-21(2)18-8-10-23(21,20(25)15-18)16-28(26,27)24-13-11-22(12-14-24)9-7-17-5-3-4-6-19(17)22/h3-6,18,20,25H,7-16H2,1-2H3/t18?,20-,23?/m1/s1. The highest BCUT2D eigenvalue weighted by atomic mass is 32.2. The Balaban J connectivity index is 1.34. The van der Waals surface area contributed by atoms with E-state index in [4.69, 9.17) is 0 Å². The maximum atomic E-state index is 13.4. The molecule has 3 aliphatic carbocycles. The molecule has 154 valence electrons. The minimum absolute atomic E-state index is 0.0963. The summed E-state index contributed by atoms with van der Waals surface area (Å²) in [4.78, 5) is 0. The van der Waals surface area contributed by atoms with Crippen LogP contribution in [0.15, 0.2) is 24.3 Å². The maximum Gasteiger partial charge on any atom is 0.214 e. The summed E-state index contributed by atoms with van der Waals surface area (Å²) in [5, 5.41) is 10.8. The molecule has 0 radical (unpaired) electrons. The molecule has 2 unspecified atom stereocenters. The Morgan fingerprint density at radius 2 is 1.82 bits per heavy atom. The number of aliphatic hydroxyl groups is 1. The average molecular weight is 404 g/mol. The van der Waals surface area contributed by atoms with Crippen LogP contribution < -0.4 is 0 Å². The summed E-state index contributed by atoms with van der Waals surface area (Å²) in [6, 6.07) is 8.71. The number of hydrogen-bond donors (Lipinski definition) is 1. The average Bonchev–Trinajstić information content (AvgIpc) is 3.19. The van der Waals surface area contributed by atoms with Crippen molar-refractivity contribution in [1.82, 2.24) is 4.31 Å². The Hall–Kier alpha value is -0.910. The van der Waals surface area contributed by atoms with E-state index in [9.17, 15) is 13.5 Å². The minimum Gasteiger partial charge on any atom is -0.392 e. The van der Waals surface area contributed by atoms with Crippen LogP contribution in [0.5, 0.6) is 0 Å². The molecular weight excluding hydrogens is 370 g/mol. The second kappa shape index (κ2) is 6.05. The van der Waals surface area contributed by atoms with Crippen LogP contribution in [0.3, 0.4) is 0 Å². The normalized spacial score (nSPS) is 36.1. The lowest BCUT2D eigenvalue weighted by Gasteiger charge is -2.44. The Bertz CT molecular complexity index is 885. The third-order valence-electron chi connectivity index (χ3n) is 9.36. The van der Waals surface area contributed by atoms with Crippen LogP contribution in [-0.4, -0.2) is 42.8 Å². The van der Waals surface area contributed by atoms with Gasteiger partial charge in [0.05, 0.1) is 11.9 Å². The van der Waals surface area contributed by atoms with Gasteiger partial charge in [-0.25, -0.2) is 12.7 Å². The summed E-state index contributed by atoms with van der Waals surface area (Å²) in [5.74, 6) is 0.575. The van der Waals surface area contributed by atoms with Gasteiger partial charge in [-0.1, -0.05) is 38.1 Å². The van der Waals surface area contributed by atoms with Crippen LogP contribution in [0.25, 0.3) is 0 Å². The monoisotopic (exact) mass is 403 g/mol. The Kier molecular flexibility index (Phi) is 4.12. The topological polar surface area (TPSA) is 57.6 Å². The molecule has 1 saturated heterocycles. The van der Waals surface area contributed by atoms with Gasteiger partial charge >= 0.3 is 0 Å². The molecule has 1 aromatic rings. The zero-order valence-electron chi connectivity index (χ0n) is 17.2. The molecule has 4 aliphatic rings. The highest BCUT2D eigenvalue weighted by molar-refractivity contribution is 7.89. The summed E-state index contributed by atoms with van der Waals surface area (Å²) in [6.45, 7) is 5.59. The van der Waals surface area contributed by atoms with Crippen molar-refractivity contribution in [3.8, 4) is 0 Å². The van der Waals surface area contributed by atoms with Crippen molar-refractivity contribution in [1.29, 1.82) is 0 Å². The first-order chi connectivity index (χ1) is 13.2. The second-order valence-electron chi connectivity index (χ2n) is 10.5. The molecule has 1 spiro atoms. The van der Waals surface area contributed by atoms with Crippen LogP contribution >= 0.6 is 0 Å². The lowest BCUT2D eigenvalue weighted by atomic mass is 9.70. The highest BCUT2D eigenvalue weighted by Crippen LogP contribution is 2.66. The van der Waals surface area contributed by atoms with Gasteiger partial charge in [0.2, 0.25) is 10.0 Å². The zero-order chi connectivity index (χ0) is 19.8. The number of sulfonamides is 1. The van der Waals surface area contributed by atoms with Gasteiger partial charge in [-0.05, 0) is 72.8 Å². The first-order valence-electron chi connectivity index (χ1n) is 10.9. The van der Waals surface area contributed by atoms with Crippen molar-refractivity contribution < 1.29 is 13.5 Å². The van der Waals surface area contributed by atoms with Crippen LogP contribution in [0.2, 0.25) is 0 Å². The molecule has 5 heteroatoms. The zero-order valence-corrected chi connectivity index (χ0v) is 18.0. The first-order valence-corrected chi connectivity index (χ1v) is 12.6. The van der Waals surface area contributed by atoms with Crippen molar-refractivity contribution in [3.05, 3.63) is 35.4 Å². The molecule has 3 fully saturated rings. The number of fused-ring (bicyclic) bond motifs is 4. The second-order valence-corrected chi connectivity index (χ2v) is 12.4. The third-order valence-corrected chi connectivity index (χ3v) is 11.4. The van der Waals surface area contributed by atoms with Gasteiger partial charge in [0.25, 0.3) is 0 Å². The van der Waals surface area contributed by atoms with Gasteiger partial charge in [-0.2, -0.15) is 0 Å². The Morgan fingerprint density at radius 1 is 1.11 bits per heavy atom. The summed E-state index contributed by atoms with van der Waals surface area (Å²) >= 11 is 0. The summed E-state index contributed by atoms with van der Waals surface area (Å²) in [7, 11) is -3.36. The number of aliphatic hydroxyl groups excluding tert-OH is 1. The van der Waals surface area contributed by atoms with Gasteiger partial charge in [-0.15, -0.1) is 0 Å². The van der Waals surface area contributed by atoms with Gasteiger partial charge in [-0.3, -0.25) is 0 Å². The molecular formula is C23H33NO3S. The number of rotatable bonds is 3. The van der Waals surface area contributed by atoms with Crippen molar-refractivity contribution in [2.45, 2.75) is 70.3 Å². The first kappa shape index (κ1) is 19.1. The van der Waals surface area contributed by atoms with Crippen LogP contribution in [0.4, 0.5) is 0 Å². The minimum atomic E-state index is -3.36. The number of aryl methyl sites for hydroxylation is 1. The Labute approximate surface area is 169 Å². The summed E-state index contributed by atoms with van der Waals surface area (Å²) < 4.78 is 28.6. The number of benzene rings is 1. The SMILES string of the molecule is CC1(C)C2CCC1(CS(=O)(=O)N1CCC3(CCc4ccccc43)CC1)[C@H](O)C2. The molecule has 1 heterocycles. The van der Waals surface area contributed by atoms with E-state index >= 15 is 0 Å². The molecule has 3 atom stereocenters. The molecule has 28 heavy (non-hydrogen) atoms. The molecule has 2 saturated carbocycles. The predicted octanol–water partition coefficient (Wildman–Crippen LogP) is 3.48. The van der Waals surface area contributed by atoms with Gasteiger partial charge in [0, 0.05) is 18.5 Å². The van der Waals surface area contributed by atoms with E-state index in [0.29, 0.717) is 19.0 Å². The number of nitrogens with zero attached hydrogens (tertiary/aromatic N) is 1. The van der Waals surface area contributed by atoms with E-state index in [1.54, 1.807) is 4.31 Å². The van der Waals surface area contributed by atoms with Crippen LogP contribution in [-0.2, 0) is 21.9 Å². The fraction of sp³-hybridized carbons (Fsp3) is 0.739. The highest BCUT2D eigenvalue weighted by Gasteiger charge is 2.65. The lowest BCUT2D eigenvalue weighted by molar-refractivity contribution is 0.0143. The number of piperidine rings is 1. The van der Waals surface area contributed by atoms with E-state index in [0.717, 1.165) is 44.9 Å². The molecule has 4 nitrogen and oxygen atoms in total. The fourth-order valence-electron chi connectivity index (χ4n) is 7.27. The largest absolute Gasteiger partial charge is 0.392 e. The summed E-state index contributed by atoms with van der Waals surface area (Å²) in [6.07, 6.45) is 6.30. The van der Waals surface area contributed by atoms with Crippen molar-refractivity contribution in [3.63, 3.8) is 0 Å². The van der Waals surface area contributed by atoms with E-state index in [-0.39, 0.29) is 16.6 Å². The molecule has 1 N–H and O–H groups in total. The van der Waals surface area contributed by atoms with Gasteiger partial charge in [0.1, 0.15) is 0 Å². The number of hydrogen-bond acceptors (Lipinski definition) is 3. The smallest absolute Gasteiger partial charge is 0.214 e. The Morgan fingerprint density at radius 3 is 2.46 bits per heavy atom. The van der Waals surface area contributed by atoms with Crippen molar-refractivity contribution >= 4 is 10.0 Å². The molecule has 5 rings (SSSR count). The van der Waals surface area contributed by atoms with Crippen LogP contribution in [0.1, 0.15) is 63.5 Å². The summed E-state index contributed by atoms with van der Waals surface area (Å²) in [5.41, 5.74) is 2.51. The molecule has 0 amide bonds. The molecule has 2 bridgehead atoms. The molecule has 0 aromatic heterocycles. The van der Waals surface area contributed by atoms with E-state index in [1.807, 2.05) is 0 Å². The van der Waals surface area contributed by atoms with Gasteiger partial charge in [0.15, 0.2) is 0 Å². The fourth-order valence-corrected chi connectivity index (χ4v) is 9.55. The quantitative estimate of drug-likeness (QED) is 0.841. The molecule has 1 aromatic carbocycles. The third kappa shape index (κ3) is 2.45. The van der Waals surface area contributed by atoms with Crippen LogP contribution in [0, 0.1) is 16.7 Å². The van der Waals surface area contributed by atoms with E-state index in [1.165, 1.54) is 11.1 Å². The predicted molar refractivity (Wildman–Crippen MR) is 111 cm³/mol. The van der Waals surface area contributed by atoms with E-state index < -0.39 is 21.5 Å².